The summed E-state index contributed by atoms with van der Waals surface area (Å²) in [6.07, 6.45) is 1.89. The molecule has 0 fully saturated rings. The van der Waals surface area contributed by atoms with Gasteiger partial charge in [0.1, 0.15) is 0 Å². The molecule has 1 aromatic carbocycles. The number of nitrogens with one attached hydrogen (secondary N) is 1. The molecule has 0 aromatic heterocycles. The van der Waals surface area contributed by atoms with Crippen LogP contribution in [-0.4, -0.2) is 19.6 Å². The van der Waals surface area contributed by atoms with Crippen LogP contribution < -0.4 is 14.8 Å². The Morgan fingerprint density at radius 3 is 2.50 bits per heavy atom. The second-order valence-corrected chi connectivity index (χ2v) is 4.99. The van der Waals surface area contributed by atoms with Crippen LogP contribution in [0.2, 0.25) is 0 Å². The molecule has 0 aliphatic carbocycles. The number of anilines is 1. The van der Waals surface area contributed by atoms with E-state index in [0.717, 1.165) is 29.8 Å². The molecule has 1 N–H and O–H groups in total. The Morgan fingerprint density at radius 1 is 1.30 bits per heavy atom. The van der Waals surface area contributed by atoms with Crippen molar-refractivity contribution in [3.8, 4) is 11.5 Å². The summed E-state index contributed by atoms with van der Waals surface area (Å²) in [4.78, 5) is 11.8. The maximum absolute atomic E-state index is 11.8. The van der Waals surface area contributed by atoms with Crippen LogP contribution in [0.25, 0.3) is 0 Å². The van der Waals surface area contributed by atoms with Crippen LogP contribution in [0.15, 0.2) is 12.1 Å². The topological polar surface area (TPSA) is 47.6 Å². The molecule has 0 unspecified atom stereocenters. The Hall–Kier alpha value is -1.71. The fourth-order valence-corrected chi connectivity index (χ4v) is 1.93. The van der Waals surface area contributed by atoms with Crippen molar-refractivity contribution in [3.63, 3.8) is 0 Å². The summed E-state index contributed by atoms with van der Waals surface area (Å²) in [6.45, 7) is 8.39. The fraction of sp³-hybridized carbons (Fsp3) is 0.562. The van der Waals surface area contributed by atoms with Crippen molar-refractivity contribution in [3.05, 3.63) is 17.7 Å². The van der Waals surface area contributed by atoms with E-state index >= 15 is 0 Å². The molecule has 0 saturated heterocycles. The molecule has 1 rings (SSSR count). The fourth-order valence-electron chi connectivity index (χ4n) is 1.93. The van der Waals surface area contributed by atoms with Crippen LogP contribution in [0.1, 0.15) is 39.7 Å². The smallest absolute Gasteiger partial charge is 0.226 e. The number of amides is 1. The van der Waals surface area contributed by atoms with Crippen LogP contribution in [0.5, 0.6) is 11.5 Å². The molecule has 20 heavy (non-hydrogen) atoms. The summed E-state index contributed by atoms with van der Waals surface area (Å²) in [6, 6.07) is 3.78. The van der Waals surface area contributed by atoms with E-state index in [1.54, 1.807) is 7.11 Å². The van der Waals surface area contributed by atoms with Gasteiger partial charge in [-0.1, -0.05) is 27.2 Å². The molecule has 0 heterocycles. The number of carbonyl (C=O) groups excluding carboxylic acids is 1. The van der Waals surface area contributed by atoms with E-state index in [1.807, 2.05) is 32.9 Å². The van der Waals surface area contributed by atoms with E-state index in [1.165, 1.54) is 0 Å². The first-order valence-electron chi connectivity index (χ1n) is 7.18. The van der Waals surface area contributed by atoms with Crippen molar-refractivity contribution in [2.45, 2.75) is 40.5 Å². The maximum Gasteiger partial charge on any atom is 0.226 e. The minimum absolute atomic E-state index is 0.00124. The maximum atomic E-state index is 11.8. The summed E-state index contributed by atoms with van der Waals surface area (Å²) in [5.74, 6) is 1.39. The normalized spacial score (nSPS) is 10.5. The average Bonchev–Trinajstić information content (AvgIpc) is 2.41. The third kappa shape index (κ3) is 4.15. The zero-order valence-corrected chi connectivity index (χ0v) is 13.1. The molecule has 0 radical (unpaired) electrons. The third-order valence-electron chi connectivity index (χ3n) is 2.95. The minimum Gasteiger partial charge on any atom is -0.493 e. The van der Waals surface area contributed by atoms with Crippen molar-refractivity contribution in [2.75, 3.05) is 19.0 Å². The van der Waals surface area contributed by atoms with Gasteiger partial charge in [0.2, 0.25) is 5.91 Å². The number of hydrogen-bond acceptors (Lipinski definition) is 3. The number of carbonyl (C=O) groups is 1. The highest BCUT2D eigenvalue weighted by Gasteiger charge is 2.15. The van der Waals surface area contributed by atoms with Crippen molar-refractivity contribution in [1.82, 2.24) is 0 Å². The van der Waals surface area contributed by atoms with Gasteiger partial charge in [0.05, 0.1) is 13.7 Å². The predicted octanol–water partition coefficient (Wildman–Crippen LogP) is 3.64. The van der Waals surface area contributed by atoms with Crippen molar-refractivity contribution >= 4 is 11.6 Å². The Kier molecular flexibility index (Phi) is 6.36. The number of rotatable bonds is 7. The molecule has 0 saturated carbocycles. The first kappa shape index (κ1) is 16.3. The number of aryl methyl sites for hydroxylation is 1. The molecule has 112 valence electrons. The van der Waals surface area contributed by atoms with Crippen LogP contribution in [-0.2, 0) is 11.2 Å². The van der Waals surface area contributed by atoms with E-state index < -0.39 is 0 Å². The number of ether oxygens (including phenoxy) is 2. The van der Waals surface area contributed by atoms with Crippen molar-refractivity contribution < 1.29 is 14.3 Å². The summed E-state index contributed by atoms with van der Waals surface area (Å²) < 4.78 is 11.1. The summed E-state index contributed by atoms with van der Waals surface area (Å²) in [5.41, 5.74) is 1.82. The van der Waals surface area contributed by atoms with Crippen molar-refractivity contribution in [1.29, 1.82) is 0 Å². The molecular weight excluding hydrogens is 254 g/mol. The van der Waals surface area contributed by atoms with Gasteiger partial charge < -0.3 is 14.8 Å². The number of methoxy groups -OCH3 is 1. The van der Waals surface area contributed by atoms with E-state index in [4.69, 9.17) is 9.47 Å². The number of hydrogen-bond donors (Lipinski definition) is 1. The van der Waals surface area contributed by atoms with Gasteiger partial charge in [-0.2, -0.15) is 0 Å². The molecule has 0 bridgehead atoms. The SMILES string of the molecule is CCCc1cc(NC(=O)C(C)C)cc(OC)c1OCC. The summed E-state index contributed by atoms with van der Waals surface area (Å²) in [7, 11) is 1.61. The van der Waals surface area contributed by atoms with Gasteiger partial charge in [0.25, 0.3) is 0 Å². The molecule has 0 aliphatic heterocycles. The Balaban J connectivity index is 3.14. The monoisotopic (exact) mass is 279 g/mol. The van der Waals surface area contributed by atoms with Crippen molar-refractivity contribution in [2.24, 2.45) is 5.92 Å². The van der Waals surface area contributed by atoms with Gasteiger partial charge in [0, 0.05) is 23.2 Å². The molecule has 0 aliphatic rings. The zero-order chi connectivity index (χ0) is 15.1. The lowest BCUT2D eigenvalue weighted by atomic mass is 10.1. The van der Waals surface area contributed by atoms with Crippen LogP contribution >= 0.6 is 0 Å². The highest BCUT2D eigenvalue weighted by molar-refractivity contribution is 5.92. The van der Waals surface area contributed by atoms with Crippen LogP contribution in [0, 0.1) is 5.92 Å². The van der Waals surface area contributed by atoms with E-state index in [-0.39, 0.29) is 11.8 Å². The van der Waals surface area contributed by atoms with Crippen LogP contribution in [0.3, 0.4) is 0 Å². The highest BCUT2D eigenvalue weighted by Crippen LogP contribution is 2.35. The average molecular weight is 279 g/mol. The van der Waals surface area contributed by atoms with Gasteiger partial charge in [0.15, 0.2) is 11.5 Å². The first-order chi connectivity index (χ1) is 9.53. The van der Waals surface area contributed by atoms with Crippen LogP contribution in [0.4, 0.5) is 5.69 Å². The third-order valence-corrected chi connectivity index (χ3v) is 2.95. The van der Waals surface area contributed by atoms with E-state index in [0.29, 0.717) is 12.4 Å². The molecule has 1 amide bonds. The standard InChI is InChI=1S/C16H25NO3/c1-6-8-12-9-13(17-16(18)11(3)4)10-14(19-5)15(12)20-7-2/h9-11H,6-8H2,1-5H3,(H,17,18). The van der Waals surface area contributed by atoms with E-state index in [2.05, 4.69) is 12.2 Å². The number of benzene rings is 1. The van der Waals surface area contributed by atoms with Gasteiger partial charge in [-0.25, -0.2) is 0 Å². The molecule has 4 nitrogen and oxygen atoms in total. The molecule has 1 aromatic rings. The largest absolute Gasteiger partial charge is 0.493 e. The molecular formula is C16H25NO3. The quantitative estimate of drug-likeness (QED) is 0.829. The lowest BCUT2D eigenvalue weighted by molar-refractivity contribution is -0.118. The van der Waals surface area contributed by atoms with Gasteiger partial charge in [-0.15, -0.1) is 0 Å². The Morgan fingerprint density at radius 2 is 2.00 bits per heavy atom. The lowest BCUT2D eigenvalue weighted by Gasteiger charge is -2.17. The molecule has 0 spiro atoms. The summed E-state index contributed by atoms with van der Waals surface area (Å²) in [5, 5.41) is 2.91. The van der Waals surface area contributed by atoms with Gasteiger partial charge in [-0.05, 0) is 19.4 Å². The highest BCUT2D eigenvalue weighted by atomic mass is 16.5. The Labute approximate surface area is 121 Å². The predicted molar refractivity (Wildman–Crippen MR) is 81.6 cm³/mol. The van der Waals surface area contributed by atoms with Gasteiger partial charge in [-0.3, -0.25) is 4.79 Å². The first-order valence-corrected chi connectivity index (χ1v) is 7.18. The second kappa shape index (κ2) is 7.78. The summed E-state index contributed by atoms with van der Waals surface area (Å²) >= 11 is 0. The van der Waals surface area contributed by atoms with Gasteiger partial charge >= 0.3 is 0 Å². The Bertz CT molecular complexity index is 455. The molecule has 0 atom stereocenters. The van der Waals surface area contributed by atoms with E-state index in [9.17, 15) is 4.79 Å². The second-order valence-electron chi connectivity index (χ2n) is 4.99. The minimum atomic E-state index is -0.0535. The lowest BCUT2D eigenvalue weighted by Crippen LogP contribution is -2.18. The molecule has 4 heteroatoms. The zero-order valence-electron chi connectivity index (χ0n) is 13.1.